The number of anilines is 1. The first kappa shape index (κ1) is 13.2. The quantitative estimate of drug-likeness (QED) is 0.376. The number of pyridine rings is 1. The van der Waals surface area contributed by atoms with Crippen LogP contribution < -0.4 is 10.6 Å². The topological polar surface area (TPSA) is 74.7 Å². The zero-order chi connectivity index (χ0) is 13.9. The summed E-state index contributed by atoms with van der Waals surface area (Å²) in [6, 6.07) is 4.56. The number of piperidine rings is 1. The van der Waals surface area contributed by atoms with Gasteiger partial charge < -0.3 is 15.8 Å². The van der Waals surface area contributed by atoms with Crippen LogP contribution in [0.2, 0.25) is 0 Å². The zero-order valence-electron chi connectivity index (χ0n) is 11.7. The van der Waals surface area contributed by atoms with Crippen molar-refractivity contribution < 1.29 is 5.21 Å². The van der Waals surface area contributed by atoms with Crippen molar-refractivity contribution in [2.45, 2.75) is 44.6 Å². The third kappa shape index (κ3) is 2.32. The summed E-state index contributed by atoms with van der Waals surface area (Å²) in [5, 5.41) is 12.1. The van der Waals surface area contributed by atoms with E-state index in [0.717, 1.165) is 18.2 Å². The molecule has 1 saturated carbocycles. The first-order valence-corrected chi connectivity index (χ1v) is 7.51. The number of amidine groups is 1. The smallest absolute Gasteiger partial charge is 0.190 e. The van der Waals surface area contributed by atoms with Gasteiger partial charge in [0.1, 0.15) is 5.69 Å². The summed E-state index contributed by atoms with van der Waals surface area (Å²) in [5.74, 6) is 0.886. The third-order valence-corrected chi connectivity index (χ3v) is 4.69. The number of nitrogens with two attached hydrogens (primary N) is 1. The van der Waals surface area contributed by atoms with E-state index in [4.69, 9.17) is 10.9 Å². The molecule has 0 amide bonds. The minimum atomic E-state index is 0.0959. The summed E-state index contributed by atoms with van der Waals surface area (Å²) in [5.41, 5.74) is 7.39. The van der Waals surface area contributed by atoms with Gasteiger partial charge in [-0.05, 0) is 43.7 Å². The average molecular weight is 274 g/mol. The zero-order valence-corrected chi connectivity index (χ0v) is 11.7. The van der Waals surface area contributed by atoms with Crippen molar-refractivity contribution in [3.63, 3.8) is 0 Å². The molecule has 3 N–H and O–H groups in total. The lowest BCUT2D eigenvalue weighted by Crippen LogP contribution is -2.47. The normalized spacial score (nSPS) is 27.2. The second-order valence-electron chi connectivity index (χ2n) is 5.80. The van der Waals surface area contributed by atoms with Crippen LogP contribution in [0.5, 0.6) is 0 Å². The number of nitrogens with zero attached hydrogens (tertiary/aromatic N) is 3. The molecule has 0 aromatic carbocycles. The highest BCUT2D eigenvalue weighted by molar-refractivity contribution is 6.00. The second kappa shape index (κ2) is 5.69. The fourth-order valence-corrected chi connectivity index (χ4v) is 3.80. The van der Waals surface area contributed by atoms with Crippen LogP contribution in [0.4, 0.5) is 5.69 Å². The van der Waals surface area contributed by atoms with E-state index in [1.165, 1.54) is 38.5 Å². The van der Waals surface area contributed by atoms with Gasteiger partial charge in [0.2, 0.25) is 0 Å². The second-order valence-corrected chi connectivity index (χ2v) is 5.80. The molecule has 1 aromatic heterocycles. The van der Waals surface area contributed by atoms with E-state index in [9.17, 15) is 0 Å². The van der Waals surface area contributed by atoms with Crippen LogP contribution in [0.25, 0.3) is 0 Å². The van der Waals surface area contributed by atoms with Gasteiger partial charge in [0.25, 0.3) is 0 Å². The molecular formula is C15H22N4O. The molecule has 2 heterocycles. The molecule has 5 heteroatoms. The highest BCUT2D eigenvalue weighted by atomic mass is 16.4. The van der Waals surface area contributed by atoms with Gasteiger partial charge >= 0.3 is 0 Å². The fraction of sp³-hybridized carbons (Fsp3) is 0.600. The maximum absolute atomic E-state index is 8.95. The Bertz CT molecular complexity index is 500. The van der Waals surface area contributed by atoms with E-state index >= 15 is 0 Å². The Balaban J connectivity index is 1.95. The molecular weight excluding hydrogens is 252 g/mol. The number of hydrogen-bond acceptors (Lipinski definition) is 4. The van der Waals surface area contributed by atoms with Gasteiger partial charge in [-0.3, -0.25) is 4.98 Å². The van der Waals surface area contributed by atoms with Gasteiger partial charge in [0.05, 0.1) is 5.69 Å². The molecule has 3 rings (SSSR count). The predicted molar refractivity (Wildman–Crippen MR) is 79.1 cm³/mol. The monoisotopic (exact) mass is 274 g/mol. The molecule has 2 atom stereocenters. The Morgan fingerprint density at radius 2 is 2.10 bits per heavy atom. The summed E-state index contributed by atoms with van der Waals surface area (Å²) in [6.07, 6.45) is 9.48. The number of fused-ring (bicyclic) bond motifs is 1. The Morgan fingerprint density at radius 3 is 2.95 bits per heavy atom. The van der Waals surface area contributed by atoms with E-state index in [1.54, 1.807) is 6.20 Å². The summed E-state index contributed by atoms with van der Waals surface area (Å²) >= 11 is 0. The molecule has 1 aliphatic carbocycles. The maximum Gasteiger partial charge on any atom is 0.190 e. The lowest BCUT2D eigenvalue weighted by atomic mass is 9.78. The molecule has 1 aliphatic heterocycles. The van der Waals surface area contributed by atoms with Gasteiger partial charge in [0, 0.05) is 18.8 Å². The molecule has 0 bridgehead atoms. The van der Waals surface area contributed by atoms with Gasteiger partial charge in [-0.2, -0.15) is 0 Å². The van der Waals surface area contributed by atoms with Crippen molar-refractivity contribution in [3.8, 4) is 0 Å². The van der Waals surface area contributed by atoms with Crippen LogP contribution in [-0.2, 0) is 0 Å². The van der Waals surface area contributed by atoms with Crippen LogP contribution in [0.15, 0.2) is 23.5 Å². The van der Waals surface area contributed by atoms with Crippen LogP contribution in [0, 0.1) is 5.92 Å². The van der Waals surface area contributed by atoms with Crippen LogP contribution >= 0.6 is 0 Å². The van der Waals surface area contributed by atoms with E-state index in [1.807, 2.05) is 12.1 Å². The molecule has 5 nitrogen and oxygen atoms in total. The number of rotatable bonds is 2. The maximum atomic E-state index is 8.95. The Labute approximate surface area is 119 Å². The Morgan fingerprint density at radius 1 is 1.30 bits per heavy atom. The van der Waals surface area contributed by atoms with Gasteiger partial charge in [-0.25, -0.2) is 0 Å². The van der Waals surface area contributed by atoms with Crippen molar-refractivity contribution in [3.05, 3.63) is 24.0 Å². The van der Waals surface area contributed by atoms with E-state index < -0.39 is 0 Å². The standard InChI is InChI=1S/C15H22N4O/c16-15(18-20)14-13(8-3-9-17-14)19-10-4-6-11-5-1-2-7-12(11)19/h3,8-9,11-12,20H,1-2,4-7,10H2,(H2,16,18)/t11-,12-/m1/s1. The first-order chi connectivity index (χ1) is 9.81. The minimum Gasteiger partial charge on any atom is -0.409 e. The highest BCUT2D eigenvalue weighted by Crippen LogP contribution is 2.38. The van der Waals surface area contributed by atoms with Crippen molar-refractivity contribution in [2.75, 3.05) is 11.4 Å². The molecule has 1 saturated heterocycles. The first-order valence-electron chi connectivity index (χ1n) is 7.51. The molecule has 0 unspecified atom stereocenters. The van der Waals surface area contributed by atoms with Crippen molar-refractivity contribution in [2.24, 2.45) is 16.8 Å². The Kier molecular flexibility index (Phi) is 3.76. The number of oxime groups is 1. The summed E-state index contributed by atoms with van der Waals surface area (Å²) < 4.78 is 0. The number of hydrogen-bond donors (Lipinski definition) is 2. The van der Waals surface area contributed by atoms with Crippen molar-refractivity contribution in [1.82, 2.24) is 4.98 Å². The molecule has 2 fully saturated rings. The predicted octanol–water partition coefficient (Wildman–Crippen LogP) is 2.34. The number of aromatic nitrogens is 1. The summed E-state index contributed by atoms with van der Waals surface area (Å²) in [6.45, 7) is 1.04. The molecule has 2 aliphatic rings. The summed E-state index contributed by atoms with van der Waals surface area (Å²) in [7, 11) is 0. The lowest BCUT2D eigenvalue weighted by Gasteiger charge is -2.45. The van der Waals surface area contributed by atoms with E-state index in [-0.39, 0.29) is 5.84 Å². The SMILES string of the molecule is N/C(=N/O)c1ncccc1N1CCC[C@H]2CCCC[C@H]21. The van der Waals surface area contributed by atoms with Gasteiger partial charge in [-0.1, -0.05) is 18.0 Å². The summed E-state index contributed by atoms with van der Waals surface area (Å²) in [4.78, 5) is 6.74. The third-order valence-electron chi connectivity index (χ3n) is 4.69. The molecule has 20 heavy (non-hydrogen) atoms. The molecule has 0 radical (unpaired) electrons. The van der Waals surface area contributed by atoms with E-state index in [0.29, 0.717) is 11.7 Å². The van der Waals surface area contributed by atoms with Gasteiger partial charge in [-0.15, -0.1) is 0 Å². The van der Waals surface area contributed by atoms with Crippen molar-refractivity contribution in [1.29, 1.82) is 0 Å². The molecule has 1 aromatic rings. The molecule has 108 valence electrons. The Hall–Kier alpha value is -1.78. The van der Waals surface area contributed by atoms with Crippen LogP contribution in [0.1, 0.15) is 44.2 Å². The fourth-order valence-electron chi connectivity index (χ4n) is 3.80. The van der Waals surface area contributed by atoms with Crippen LogP contribution in [-0.4, -0.2) is 28.6 Å². The average Bonchev–Trinajstić information content (AvgIpc) is 2.53. The molecule has 0 spiro atoms. The van der Waals surface area contributed by atoms with E-state index in [2.05, 4.69) is 15.0 Å². The van der Waals surface area contributed by atoms with Crippen molar-refractivity contribution >= 4 is 11.5 Å². The minimum absolute atomic E-state index is 0.0959. The van der Waals surface area contributed by atoms with Crippen LogP contribution in [0.3, 0.4) is 0 Å². The highest BCUT2D eigenvalue weighted by Gasteiger charge is 2.34. The lowest BCUT2D eigenvalue weighted by molar-refractivity contribution is 0.243. The van der Waals surface area contributed by atoms with Gasteiger partial charge in [0.15, 0.2) is 5.84 Å². The largest absolute Gasteiger partial charge is 0.409 e.